The van der Waals surface area contributed by atoms with Gasteiger partial charge >= 0.3 is 12.1 Å². The first-order valence-electron chi connectivity index (χ1n) is 15.1. The quantitative estimate of drug-likeness (QED) is 0.244. The molecule has 3 aliphatic heterocycles. The molecule has 0 unspecified atom stereocenters. The van der Waals surface area contributed by atoms with Crippen LogP contribution in [0.5, 0.6) is 0 Å². The number of rotatable bonds is 8. The summed E-state index contributed by atoms with van der Waals surface area (Å²) in [6.07, 6.45) is 1.96. The number of hydrogen-bond acceptors (Lipinski definition) is 7. The number of thioether (sulfide) groups is 1. The second-order valence-electron chi connectivity index (χ2n) is 12.6. The minimum atomic E-state index is -0.854. The molecule has 1 aliphatic carbocycles. The zero-order chi connectivity index (χ0) is 31.0. The van der Waals surface area contributed by atoms with Gasteiger partial charge in [-0.15, -0.1) is 11.8 Å². The molecule has 1 saturated carbocycles. The molecule has 3 heterocycles. The molecule has 2 aromatic carbocycles. The SMILES string of the molecule is CC(C)(C)OC(=O)N[C@@H]1C(=O)N2C(C(=O)OC(c3ccccc3)c3ccccc3)=C(C(CC3CC3)=C3CCNC3=O)CS[C@H]12. The maximum atomic E-state index is 14.4. The number of hydrogen-bond donors (Lipinski definition) is 2. The molecular formula is C34H37N3O6S. The summed E-state index contributed by atoms with van der Waals surface area (Å²) in [5, 5.41) is 5.09. The number of alkyl carbamates (subject to hydrolysis) is 1. The first-order chi connectivity index (χ1) is 21.1. The molecule has 6 rings (SSSR count). The van der Waals surface area contributed by atoms with Crippen LogP contribution in [0.2, 0.25) is 0 Å². The fourth-order valence-corrected chi connectivity index (χ4v) is 7.25. The number of fused-ring (bicyclic) bond motifs is 1. The average molecular weight is 616 g/mol. The summed E-state index contributed by atoms with van der Waals surface area (Å²) in [6, 6.07) is 18.1. The van der Waals surface area contributed by atoms with E-state index in [0.717, 1.165) is 29.5 Å². The van der Waals surface area contributed by atoms with Gasteiger partial charge in [0.1, 0.15) is 22.7 Å². The highest BCUT2D eigenvalue weighted by molar-refractivity contribution is 8.00. The van der Waals surface area contributed by atoms with Gasteiger partial charge in [-0.25, -0.2) is 9.59 Å². The molecule has 4 aliphatic rings. The highest BCUT2D eigenvalue weighted by Gasteiger charge is 2.55. The van der Waals surface area contributed by atoms with E-state index in [1.807, 2.05) is 60.7 Å². The Labute approximate surface area is 261 Å². The van der Waals surface area contributed by atoms with Crippen LogP contribution in [-0.2, 0) is 23.9 Å². The topological polar surface area (TPSA) is 114 Å². The summed E-state index contributed by atoms with van der Waals surface area (Å²) >= 11 is 1.46. The summed E-state index contributed by atoms with van der Waals surface area (Å²) in [4.78, 5) is 55.1. The van der Waals surface area contributed by atoms with Crippen molar-refractivity contribution in [2.75, 3.05) is 12.3 Å². The molecule has 2 atom stereocenters. The molecular weight excluding hydrogens is 578 g/mol. The van der Waals surface area contributed by atoms with Crippen LogP contribution in [0.25, 0.3) is 0 Å². The van der Waals surface area contributed by atoms with E-state index in [9.17, 15) is 19.2 Å². The van der Waals surface area contributed by atoms with Crippen molar-refractivity contribution in [3.05, 3.63) is 94.2 Å². The van der Waals surface area contributed by atoms with Crippen molar-refractivity contribution in [2.45, 2.75) is 69.6 Å². The van der Waals surface area contributed by atoms with Crippen LogP contribution in [0.1, 0.15) is 63.7 Å². The Balaban J connectivity index is 1.39. The smallest absolute Gasteiger partial charge is 0.408 e. The Bertz CT molecular complexity index is 1490. The molecule has 0 bridgehead atoms. The standard InChI is InChI=1S/C34H37N3O6S/c1-34(2,3)43-33(41)36-26-30(39)37-27(32(40)42-28(21-10-6-4-7-11-21)22-12-8-5-9-13-22)25(19-44-31(26)37)24(18-20-14-15-20)23-16-17-35-29(23)38/h4-13,20,26,28,31H,14-19H2,1-3H3,(H,35,38)(H,36,41)/t26-,31-/m1/s1. The van der Waals surface area contributed by atoms with Gasteiger partial charge in [0.2, 0.25) is 5.91 Å². The summed E-state index contributed by atoms with van der Waals surface area (Å²) in [6.45, 7) is 5.80. The second-order valence-corrected chi connectivity index (χ2v) is 13.7. The summed E-state index contributed by atoms with van der Waals surface area (Å²) in [5.41, 5.74) is 3.19. The van der Waals surface area contributed by atoms with Crippen molar-refractivity contribution in [1.82, 2.24) is 15.5 Å². The van der Waals surface area contributed by atoms with E-state index >= 15 is 0 Å². The fraction of sp³-hybridized carbons (Fsp3) is 0.412. The van der Waals surface area contributed by atoms with Gasteiger partial charge in [0.05, 0.1) is 0 Å². The lowest BCUT2D eigenvalue weighted by Crippen LogP contribution is -2.70. The zero-order valence-corrected chi connectivity index (χ0v) is 25.9. The van der Waals surface area contributed by atoms with Gasteiger partial charge in [0.15, 0.2) is 6.10 Å². The van der Waals surface area contributed by atoms with Crippen LogP contribution in [0.3, 0.4) is 0 Å². The summed E-state index contributed by atoms with van der Waals surface area (Å²) < 4.78 is 11.7. The molecule has 0 spiro atoms. The average Bonchev–Trinajstić information content (AvgIpc) is 3.73. The number of carbonyl (C=O) groups is 4. The fourth-order valence-electron chi connectivity index (χ4n) is 5.87. The van der Waals surface area contributed by atoms with Gasteiger partial charge in [-0.3, -0.25) is 14.5 Å². The maximum Gasteiger partial charge on any atom is 0.408 e. The summed E-state index contributed by atoms with van der Waals surface area (Å²) in [7, 11) is 0. The van der Waals surface area contributed by atoms with Gasteiger partial charge in [-0.2, -0.15) is 0 Å². The predicted octanol–water partition coefficient (Wildman–Crippen LogP) is 5.00. The minimum absolute atomic E-state index is 0.126. The number of allylic oxidation sites excluding steroid dienone is 1. The largest absolute Gasteiger partial charge is 0.448 e. The number of carbonyl (C=O) groups excluding carboxylic acids is 4. The Morgan fingerprint density at radius 3 is 2.20 bits per heavy atom. The third-order valence-electron chi connectivity index (χ3n) is 8.12. The first kappa shape index (κ1) is 30.0. The van der Waals surface area contributed by atoms with E-state index in [1.54, 1.807) is 20.8 Å². The van der Waals surface area contributed by atoms with E-state index in [0.29, 0.717) is 42.2 Å². The summed E-state index contributed by atoms with van der Waals surface area (Å²) in [5.74, 6) is -0.349. The lowest BCUT2D eigenvalue weighted by atomic mass is 9.91. The number of ether oxygens (including phenoxy) is 2. The van der Waals surface area contributed by atoms with Gasteiger partial charge in [-0.05, 0) is 74.6 Å². The van der Waals surface area contributed by atoms with Crippen molar-refractivity contribution in [3.63, 3.8) is 0 Å². The monoisotopic (exact) mass is 615 g/mol. The highest BCUT2D eigenvalue weighted by Crippen LogP contribution is 2.47. The van der Waals surface area contributed by atoms with Crippen molar-refractivity contribution in [1.29, 1.82) is 0 Å². The molecule has 2 saturated heterocycles. The van der Waals surface area contributed by atoms with Gasteiger partial charge in [-0.1, -0.05) is 60.7 Å². The maximum absolute atomic E-state index is 14.4. The van der Waals surface area contributed by atoms with Gasteiger partial charge in [0.25, 0.3) is 5.91 Å². The Hall–Kier alpha value is -4.05. The number of β-lactam (4-membered cyclic amide) rings is 1. The Morgan fingerprint density at radius 2 is 1.66 bits per heavy atom. The molecule has 0 radical (unpaired) electrons. The number of benzene rings is 2. The molecule has 3 fully saturated rings. The van der Waals surface area contributed by atoms with Crippen LogP contribution in [-0.4, -0.2) is 58.1 Å². The van der Waals surface area contributed by atoms with Crippen LogP contribution in [0.4, 0.5) is 4.79 Å². The van der Waals surface area contributed by atoms with Crippen molar-refractivity contribution in [3.8, 4) is 0 Å². The molecule has 3 amide bonds. The van der Waals surface area contributed by atoms with E-state index in [2.05, 4.69) is 10.6 Å². The molecule has 44 heavy (non-hydrogen) atoms. The van der Waals surface area contributed by atoms with Crippen LogP contribution in [0.15, 0.2) is 83.1 Å². The Kier molecular flexibility index (Phi) is 8.28. The van der Waals surface area contributed by atoms with Crippen LogP contribution < -0.4 is 10.6 Å². The Morgan fingerprint density at radius 1 is 1.02 bits per heavy atom. The molecule has 2 aromatic rings. The highest BCUT2D eigenvalue weighted by atomic mass is 32.2. The van der Waals surface area contributed by atoms with Crippen molar-refractivity contribution >= 4 is 35.6 Å². The first-order valence-corrected chi connectivity index (χ1v) is 16.1. The number of amides is 3. The molecule has 10 heteroatoms. The van der Waals surface area contributed by atoms with Gasteiger partial charge < -0.3 is 20.1 Å². The lowest BCUT2D eigenvalue weighted by molar-refractivity contribution is -0.153. The van der Waals surface area contributed by atoms with Gasteiger partial charge in [0, 0.05) is 17.9 Å². The number of esters is 1. The van der Waals surface area contributed by atoms with Crippen LogP contribution in [0, 0.1) is 5.92 Å². The molecule has 230 valence electrons. The van der Waals surface area contributed by atoms with E-state index in [1.165, 1.54) is 16.7 Å². The van der Waals surface area contributed by atoms with Crippen molar-refractivity contribution in [2.24, 2.45) is 5.92 Å². The molecule has 2 N–H and O–H groups in total. The van der Waals surface area contributed by atoms with Crippen molar-refractivity contribution < 1.29 is 28.7 Å². The van der Waals surface area contributed by atoms with E-state index in [-0.39, 0.29) is 11.6 Å². The third-order valence-corrected chi connectivity index (χ3v) is 9.40. The number of nitrogens with one attached hydrogen (secondary N) is 2. The van der Waals surface area contributed by atoms with Crippen LogP contribution >= 0.6 is 11.8 Å². The third kappa shape index (κ3) is 6.26. The zero-order valence-electron chi connectivity index (χ0n) is 25.1. The lowest BCUT2D eigenvalue weighted by Gasteiger charge is -2.50. The molecule has 0 aromatic heterocycles. The predicted molar refractivity (Wildman–Crippen MR) is 166 cm³/mol. The minimum Gasteiger partial charge on any atom is -0.448 e. The number of nitrogens with zero attached hydrogens (tertiary/aromatic N) is 1. The second kappa shape index (κ2) is 12.1. The normalized spacial score (nSPS) is 22.7. The molecule has 9 nitrogen and oxygen atoms in total. The van der Waals surface area contributed by atoms with E-state index < -0.39 is 41.1 Å². The van der Waals surface area contributed by atoms with E-state index in [4.69, 9.17) is 9.47 Å².